The largest absolute Gasteiger partial charge is 0.378 e. The number of anilines is 1. The Hall–Kier alpha value is -4.44. The summed E-state index contributed by atoms with van der Waals surface area (Å²) in [6, 6.07) is 32.3. The molecule has 0 aliphatic rings. The molecule has 0 atom stereocenters. The van der Waals surface area contributed by atoms with Crippen molar-refractivity contribution in [3.8, 4) is 22.3 Å². The van der Waals surface area contributed by atoms with Crippen LogP contribution in [0.4, 0.5) is 5.69 Å². The number of aryl methyl sites for hydroxylation is 2. The smallest absolute Gasteiger partial charge is 0.296 e. The highest BCUT2D eigenvalue weighted by Crippen LogP contribution is 2.37. The summed E-state index contributed by atoms with van der Waals surface area (Å²) in [7, 11) is 6.22. The van der Waals surface area contributed by atoms with Gasteiger partial charge < -0.3 is 9.30 Å². The van der Waals surface area contributed by atoms with Gasteiger partial charge in [0.05, 0.1) is 12.4 Å². The van der Waals surface area contributed by atoms with Crippen LogP contribution < -0.4 is 14.8 Å². The normalized spacial score (nSPS) is 12.1. The molecule has 0 unspecified atom stereocenters. The molecule has 0 saturated heterocycles. The van der Waals surface area contributed by atoms with E-state index in [9.17, 15) is 0 Å². The fourth-order valence-electron chi connectivity index (χ4n) is 5.08. The third-order valence-electron chi connectivity index (χ3n) is 7.05. The van der Waals surface area contributed by atoms with E-state index < -0.39 is 0 Å². The minimum Gasteiger partial charge on any atom is -0.378 e. The van der Waals surface area contributed by atoms with Crippen LogP contribution in [-0.2, 0) is 7.05 Å². The molecule has 3 aromatic carbocycles. The van der Waals surface area contributed by atoms with Crippen LogP contribution in [-0.4, -0.2) is 23.5 Å². The molecule has 0 saturated carbocycles. The number of fused-ring (bicyclic) bond motifs is 3. The van der Waals surface area contributed by atoms with E-state index in [4.69, 9.17) is 4.98 Å². The predicted molar refractivity (Wildman–Crippen MR) is 149 cm³/mol. The van der Waals surface area contributed by atoms with Gasteiger partial charge in [0.2, 0.25) is 5.52 Å². The molecule has 176 valence electrons. The molecule has 4 heteroatoms. The molecule has 3 aromatic heterocycles. The highest BCUT2D eigenvalue weighted by molar-refractivity contribution is 6.05. The third kappa shape index (κ3) is 3.54. The number of benzene rings is 3. The van der Waals surface area contributed by atoms with Gasteiger partial charge in [-0.05, 0) is 39.9 Å². The van der Waals surface area contributed by atoms with Gasteiger partial charge in [0, 0.05) is 50.1 Å². The summed E-state index contributed by atoms with van der Waals surface area (Å²) >= 11 is 0. The number of hydrogen-bond acceptors (Lipinski definition) is 2. The summed E-state index contributed by atoms with van der Waals surface area (Å²) in [4.78, 5) is 7.16. The first kappa shape index (κ1) is 22.1. The molecule has 0 bridgehead atoms. The monoisotopic (exact) mass is 469 g/mol. The van der Waals surface area contributed by atoms with Gasteiger partial charge in [0.1, 0.15) is 5.52 Å². The SMILES string of the molecule is Cc1nc2c3c(-c4ccccc4)c(-c4ccccc4)/c(=C/c4ccc(N(C)C)cc4)n3ccc2[n+]1C. The maximum absolute atomic E-state index is 5.04. The Bertz CT molecular complexity index is 1750. The fraction of sp³-hybridized carbons (Fsp3) is 0.125. The minimum atomic E-state index is 1.00. The molecule has 6 rings (SSSR count). The maximum atomic E-state index is 5.04. The predicted octanol–water partition coefficient (Wildman–Crippen LogP) is 5.57. The summed E-state index contributed by atoms with van der Waals surface area (Å²) in [6.07, 6.45) is 4.49. The lowest BCUT2D eigenvalue weighted by Gasteiger charge is -2.11. The lowest BCUT2D eigenvalue weighted by molar-refractivity contribution is -0.651. The molecule has 0 N–H and O–H groups in total. The van der Waals surface area contributed by atoms with Crippen LogP contribution in [0.25, 0.3) is 44.9 Å². The zero-order valence-electron chi connectivity index (χ0n) is 21.1. The Morgan fingerprint density at radius 3 is 2.00 bits per heavy atom. The van der Waals surface area contributed by atoms with Gasteiger partial charge in [-0.1, -0.05) is 72.8 Å². The van der Waals surface area contributed by atoms with Crippen molar-refractivity contribution in [2.24, 2.45) is 7.05 Å². The number of pyridine rings is 1. The minimum absolute atomic E-state index is 1.00. The molecule has 0 aliphatic carbocycles. The average molecular weight is 470 g/mol. The number of nitrogens with zero attached hydrogens (tertiary/aromatic N) is 4. The number of imidazole rings is 1. The molecule has 0 amide bonds. The van der Waals surface area contributed by atoms with E-state index in [1.165, 1.54) is 27.9 Å². The molecule has 4 nitrogen and oxygen atoms in total. The van der Waals surface area contributed by atoms with E-state index in [1.807, 2.05) is 0 Å². The van der Waals surface area contributed by atoms with Crippen molar-refractivity contribution in [3.05, 3.63) is 114 Å². The number of aromatic nitrogens is 3. The first-order chi connectivity index (χ1) is 17.5. The van der Waals surface area contributed by atoms with Crippen LogP contribution in [0.5, 0.6) is 0 Å². The van der Waals surface area contributed by atoms with Crippen molar-refractivity contribution in [3.63, 3.8) is 0 Å². The lowest BCUT2D eigenvalue weighted by atomic mass is 9.96. The zero-order chi connectivity index (χ0) is 24.8. The summed E-state index contributed by atoms with van der Waals surface area (Å²) in [5.41, 5.74) is 10.4. The molecule has 0 radical (unpaired) electrons. The topological polar surface area (TPSA) is 24.4 Å². The highest BCUT2D eigenvalue weighted by atomic mass is 15.1. The van der Waals surface area contributed by atoms with Crippen LogP contribution in [0, 0.1) is 6.92 Å². The van der Waals surface area contributed by atoms with Gasteiger partial charge in [-0.15, -0.1) is 0 Å². The second-order valence-corrected chi connectivity index (χ2v) is 9.48. The Morgan fingerprint density at radius 2 is 1.39 bits per heavy atom. The first-order valence-corrected chi connectivity index (χ1v) is 12.3. The van der Waals surface area contributed by atoms with Gasteiger partial charge in [-0.25, -0.2) is 4.57 Å². The Kier molecular flexibility index (Phi) is 5.30. The number of hydrogen-bond donors (Lipinski definition) is 0. The summed E-state index contributed by atoms with van der Waals surface area (Å²) < 4.78 is 4.49. The van der Waals surface area contributed by atoms with Crippen molar-refractivity contribution in [2.75, 3.05) is 19.0 Å². The van der Waals surface area contributed by atoms with Gasteiger partial charge in [0.15, 0.2) is 5.52 Å². The second kappa shape index (κ2) is 8.65. The molecular formula is C32H29N4+. The zero-order valence-corrected chi connectivity index (χ0v) is 21.1. The van der Waals surface area contributed by atoms with E-state index in [0.29, 0.717) is 0 Å². The summed E-state index contributed by atoms with van der Waals surface area (Å²) in [6.45, 7) is 2.07. The van der Waals surface area contributed by atoms with E-state index in [2.05, 4.69) is 145 Å². The van der Waals surface area contributed by atoms with Gasteiger partial charge in [-0.2, -0.15) is 0 Å². The molecule has 3 heterocycles. The quantitative estimate of drug-likeness (QED) is 0.315. The maximum Gasteiger partial charge on any atom is 0.296 e. The highest BCUT2D eigenvalue weighted by Gasteiger charge is 2.25. The third-order valence-corrected chi connectivity index (χ3v) is 7.05. The molecule has 36 heavy (non-hydrogen) atoms. The average Bonchev–Trinajstić information content (AvgIpc) is 3.39. The fourth-order valence-corrected chi connectivity index (χ4v) is 5.08. The van der Waals surface area contributed by atoms with Crippen molar-refractivity contribution < 1.29 is 4.57 Å². The Labute approximate surface area is 211 Å². The van der Waals surface area contributed by atoms with Crippen molar-refractivity contribution in [1.29, 1.82) is 0 Å². The Morgan fingerprint density at radius 1 is 0.778 bits per heavy atom. The van der Waals surface area contributed by atoms with Crippen LogP contribution >= 0.6 is 0 Å². The van der Waals surface area contributed by atoms with E-state index in [0.717, 1.165) is 33.3 Å². The molecule has 0 spiro atoms. The van der Waals surface area contributed by atoms with Crippen molar-refractivity contribution in [2.45, 2.75) is 6.92 Å². The number of rotatable bonds is 4. The van der Waals surface area contributed by atoms with Crippen LogP contribution in [0.2, 0.25) is 0 Å². The molecular weight excluding hydrogens is 440 g/mol. The standard InChI is InChI=1S/C32H29N4/c1-22-33-31-27(35(22)4)19-20-36-28(21-23-15-17-26(18-16-23)34(2)3)29(24-11-7-5-8-12-24)30(32(31)36)25-13-9-6-10-14-25/h5-21H,1-4H3/q+1. The van der Waals surface area contributed by atoms with Crippen LogP contribution in [0.15, 0.2) is 97.2 Å². The Balaban J connectivity index is 1.80. The van der Waals surface area contributed by atoms with E-state index in [1.54, 1.807) is 0 Å². The van der Waals surface area contributed by atoms with Crippen molar-refractivity contribution in [1.82, 2.24) is 9.38 Å². The van der Waals surface area contributed by atoms with E-state index in [-0.39, 0.29) is 0 Å². The first-order valence-electron chi connectivity index (χ1n) is 12.3. The van der Waals surface area contributed by atoms with Gasteiger partial charge in [0.25, 0.3) is 5.82 Å². The van der Waals surface area contributed by atoms with Crippen molar-refractivity contribution >= 4 is 28.3 Å². The molecule has 0 fully saturated rings. The molecule has 0 aliphatic heterocycles. The lowest BCUT2D eigenvalue weighted by Crippen LogP contribution is -2.29. The summed E-state index contributed by atoms with van der Waals surface area (Å²) in [5, 5.41) is 1.15. The second-order valence-electron chi connectivity index (χ2n) is 9.48. The van der Waals surface area contributed by atoms with E-state index >= 15 is 0 Å². The van der Waals surface area contributed by atoms with Crippen LogP contribution in [0.3, 0.4) is 0 Å². The molecule has 6 aromatic rings. The van der Waals surface area contributed by atoms with Gasteiger partial charge in [-0.3, -0.25) is 0 Å². The van der Waals surface area contributed by atoms with Crippen LogP contribution in [0.1, 0.15) is 11.4 Å². The summed E-state index contributed by atoms with van der Waals surface area (Å²) in [5.74, 6) is 1.00. The van der Waals surface area contributed by atoms with Gasteiger partial charge >= 0.3 is 0 Å².